The summed E-state index contributed by atoms with van der Waals surface area (Å²) in [5.41, 5.74) is 0.978. The molecule has 1 aromatic carbocycles. The second-order valence-electron chi connectivity index (χ2n) is 4.47. The molecule has 21 heavy (non-hydrogen) atoms. The molecular formula is C14H20N4O2S. The molecule has 0 amide bonds. The van der Waals surface area contributed by atoms with Gasteiger partial charge in [-0.2, -0.15) is 0 Å². The minimum atomic E-state index is 0.566. The highest BCUT2D eigenvalue weighted by molar-refractivity contribution is 7.71. The van der Waals surface area contributed by atoms with E-state index in [2.05, 4.69) is 15.1 Å². The standard InChI is InChI=1S/C14H20N4O2S/c1-19-10-8-17(9-11-20-2)13-15-16-14(21)18(13)12-6-4-3-5-7-12/h3-7H,8-11H2,1-2H3,(H,16,21). The maximum atomic E-state index is 5.35. The predicted octanol–water partition coefficient (Wildman–Crippen LogP) is 2.03. The maximum Gasteiger partial charge on any atom is 0.230 e. The second-order valence-corrected chi connectivity index (χ2v) is 4.86. The minimum absolute atomic E-state index is 0.566. The summed E-state index contributed by atoms with van der Waals surface area (Å²) in [6, 6.07) is 9.92. The number of methoxy groups -OCH3 is 2. The van der Waals surface area contributed by atoms with Crippen LogP contribution in [0.25, 0.3) is 5.69 Å². The number of anilines is 1. The van der Waals surface area contributed by atoms with Crippen molar-refractivity contribution in [3.63, 3.8) is 0 Å². The topological polar surface area (TPSA) is 55.3 Å². The Morgan fingerprint density at radius 1 is 1.14 bits per heavy atom. The Bertz CT molecular complexity index is 589. The van der Waals surface area contributed by atoms with Crippen molar-refractivity contribution in [2.24, 2.45) is 0 Å². The zero-order valence-corrected chi connectivity index (χ0v) is 13.1. The van der Waals surface area contributed by atoms with Crippen LogP contribution in [0, 0.1) is 4.77 Å². The number of H-pyrrole nitrogens is 1. The molecule has 1 aromatic heterocycles. The molecule has 0 aliphatic heterocycles. The smallest absolute Gasteiger partial charge is 0.230 e. The quantitative estimate of drug-likeness (QED) is 0.756. The van der Waals surface area contributed by atoms with Crippen molar-refractivity contribution in [3.05, 3.63) is 35.1 Å². The van der Waals surface area contributed by atoms with Gasteiger partial charge in [-0.25, -0.2) is 5.10 Å². The molecule has 0 saturated heterocycles. The fourth-order valence-corrected chi connectivity index (χ4v) is 2.26. The molecule has 0 aliphatic rings. The summed E-state index contributed by atoms with van der Waals surface area (Å²) in [4.78, 5) is 2.09. The molecule has 0 atom stereocenters. The Morgan fingerprint density at radius 3 is 2.33 bits per heavy atom. The van der Waals surface area contributed by atoms with Gasteiger partial charge in [-0.1, -0.05) is 18.2 Å². The highest BCUT2D eigenvalue weighted by atomic mass is 32.1. The van der Waals surface area contributed by atoms with E-state index in [4.69, 9.17) is 21.7 Å². The van der Waals surface area contributed by atoms with Crippen LogP contribution in [-0.2, 0) is 9.47 Å². The van der Waals surface area contributed by atoms with E-state index < -0.39 is 0 Å². The first-order valence-electron chi connectivity index (χ1n) is 6.73. The van der Waals surface area contributed by atoms with Crippen molar-refractivity contribution < 1.29 is 9.47 Å². The third-order valence-corrected chi connectivity index (χ3v) is 3.36. The van der Waals surface area contributed by atoms with Crippen LogP contribution in [0.4, 0.5) is 5.95 Å². The van der Waals surface area contributed by atoms with Crippen molar-refractivity contribution in [1.82, 2.24) is 14.8 Å². The molecule has 0 radical (unpaired) electrons. The summed E-state index contributed by atoms with van der Waals surface area (Å²) in [5.74, 6) is 0.764. The van der Waals surface area contributed by atoms with E-state index in [1.807, 2.05) is 34.9 Å². The lowest BCUT2D eigenvalue weighted by atomic mass is 10.3. The fourth-order valence-electron chi connectivity index (χ4n) is 2.03. The zero-order valence-electron chi connectivity index (χ0n) is 12.3. The van der Waals surface area contributed by atoms with Crippen LogP contribution < -0.4 is 4.90 Å². The maximum absolute atomic E-state index is 5.35. The Balaban J connectivity index is 2.34. The second kappa shape index (κ2) is 7.92. The molecule has 6 nitrogen and oxygen atoms in total. The number of ether oxygens (including phenoxy) is 2. The lowest BCUT2D eigenvalue weighted by Crippen LogP contribution is -2.32. The van der Waals surface area contributed by atoms with Gasteiger partial charge in [0.25, 0.3) is 0 Å². The van der Waals surface area contributed by atoms with Gasteiger partial charge < -0.3 is 14.4 Å². The summed E-state index contributed by atoms with van der Waals surface area (Å²) in [6.07, 6.45) is 0. The largest absolute Gasteiger partial charge is 0.383 e. The van der Waals surface area contributed by atoms with E-state index in [0.29, 0.717) is 31.1 Å². The summed E-state index contributed by atoms with van der Waals surface area (Å²) >= 11 is 5.35. The van der Waals surface area contributed by atoms with Crippen LogP contribution in [0.15, 0.2) is 30.3 Å². The van der Waals surface area contributed by atoms with E-state index in [-0.39, 0.29) is 0 Å². The monoisotopic (exact) mass is 308 g/mol. The van der Waals surface area contributed by atoms with E-state index >= 15 is 0 Å². The number of hydrogen-bond donors (Lipinski definition) is 1. The van der Waals surface area contributed by atoms with Gasteiger partial charge in [0.15, 0.2) is 0 Å². The van der Waals surface area contributed by atoms with Crippen LogP contribution in [0.3, 0.4) is 0 Å². The number of nitrogens with one attached hydrogen (secondary N) is 1. The highest BCUT2D eigenvalue weighted by Gasteiger charge is 2.15. The summed E-state index contributed by atoms with van der Waals surface area (Å²) in [5, 5.41) is 7.22. The summed E-state index contributed by atoms with van der Waals surface area (Å²) in [6.45, 7) is 2.65. The lowest BCUT2D eigenvalue weighted by Gasteiger charge is -2.23. The van der Waals surface area contributed by atoms with Crippen molar-refractivity contribution in [3.8, 4) is 5.69 Å². The Morgan fingerprint density at radius 2 is 1.76 bits per heavy atom. The lowest BCUT2D eigenvalue weighted by molar-refractivity contribution is 0.189. The Labute approximate surface area is 129 Å². The number of rotatable bonds is 8. The van der Waals surface area contributed by atoms with E-state index in [9.17, 15) is 0 Å². The molecule has 2 aromatic rings. The van der Waals surface area contributed by atoms with Gasteiger partial charge in [0.1, 0.15) is 0 Å². The molecule has 0 saturated carbocycles. The molecule has 114 valence electrons. The molecule has 0 unspecified atom stereocenters. The predicted molar refractivity (Wildman–Crippen MR) is 84.7 cm³/mol. The van der Waals surface area contributed by atoms with Gasteiger partial charge in [0.05, 0.1) is 18.9 Å². The Hall–Kier alpha value is -1.70. The molecule has 1 N–H and O–H groups in total. The Kier molecular flexibility index (Phi) is 5.91. The molecule has 1 heterocycles. The first-order chi connectivity index (χ1) is 10.3. The van der Waals surface area contributed by atoms with Crippen molar-refractivity contribution in [1.29, 1.82) is 0 Å². The first-order valence-corrected chi connectivity index (χ1v) is 7.14. The van der Waals surface area contributed by atoms with Crippen molar-refractivity contribution >= 4 is 18.2 Å². The van der Waals surface area contributed by atoms with E-state index in [1.54, 1.807) is 14.2 Å². The van der Waals surface area contributed by atoms with Gasteiger partial charge >= 0.3 is 0 Å². The van der Waals surface area contributed by atoms with Gasteiger partial charge in [-0.05, 0) is 24.4 Å². The highest BCUT2D eigenvalue weighted by Crippen LogP contribution is 2.18. The number of aromatic amines is 1. The van der Waals surface area contributed by atoms with Crippen LogP contribution >= 0.6 is 12.2 Å². The van der Waals surface area contributed by atoms with Gasteiger partial charge in [0.2, 0.25) is 10.7 Å². The number of benzene rings is 1. The van der Waals surface area contributed by atoms with Crippen LogP contribution in [0.2, 0.25) is 0 Å². The molecule has 0 bridgehead atoms. The summed E-state index contributed by atoms with van der Waals surface area (Å²) in [7, 11) is 3.37. The van der Waals surface area contributed by atoms with Crippen LogP contribution in [0.5, 0.6) is 0 Å². The SMILES string of the molecule is COCCN(CCOC)c1n[nH]c(=S)n1-c1ccccc1. The van der Waals surface area contributed by atoms with Crippen LogP contribution in [-0.4, -0.2) is 55.3 Å². The van der Waals surface area contributed by atoms with E-state index in [1.165, 1.54) is 0 Å². The van der Waals surface area contributed by atoms with Gasteiger partial charge in [0, 0.05) is 27.3 Å². The average Bonchev–Trinajstić information content (AvgIpc) is 2.90. The fraction of sp³-hybridized carbons (Fsp3) is 0.429. The zero-order chi connectivity index (χ0) is 15.1. The molecule has 7 heteroatoms. The molecule has 2 rings (SSSR count). The van der Waals surface area contributed by atoms with Crippen LogP contribution in [0.1, 0.15) is 0 Å². The average molecular weight is 308 g/mol. The van der Waals surface area contributed by atoms with Gasteiger partial charge in [-0.15, -0.1) is 5.10 Å². The third kappa shape index (κ3) is 3.90. The number of para-hydroxylation sites is 1. The first kappa shape index (κ1) is 15.7. The number of aromatic nitrogens is 3. The number of hydrogen-bond acceptors (Lipinski definition) is 5. The molecular weight excluding hydrogens is 288 g/mol. The van der Waals surface area contributed by atoms with E-state index in [0.717, 1.165) is 11.6 Å². The van der Waals surface area contributed by atoms with Gasteiger partial charge in [-0.3, -0.25) is 4.57 Å². The summed E-state index contributed by atoms with van der Waals surface area (Å²) < 4.78 is 12.8. The molecule has 0 fully saturated rings. The minimum Gasteiger partial charge on any atom is -0.383 e. The normalized spacial score (nSPS) is 10.8. The van der Waals surface area contributed by atoms with Crippen molar-refractivity contribution in [2.75, 3.05) is 45.4 Å². The molecule has 0 aliphatic carbocycles. The third-order valence-electron chi connectivity index (χ3n) is 3.08. The molecule has 0 spiro atoms. The number of nitrogens with zero attached hydrogens (tertiary/aromatic N) is 3. The van der Waals surface area contributed by atoms with Crippen molar-refractivity contribution in [2.45, 2.75) is 0 Å².